The first-order chi connectivity index (χ1) is 6.34. The van der Waals surface area contributed by atoms with Gasteiger partial charge in [-0.3, -0.25) is 0 Å². The van der Waals surface area contributed by atoms with Crippen molar-refractivity contribution in [3.63, 3.8) is 0 Å². The Morgan fingerprint density at radius 1 is 1.29 bits per heavy atom. The molecule has 0 saturated carbocycles. The van der Waals surface area contributed by atoms with Crippen LogP contribution in [0.25, 0.3) is 0 Å². The summed E-state index contributed by atoms with van der Waals surface area (Å²) in [5.41, 5.74) is 0.624. The molecule has 0 fully saturated rings. The molecule has 0 spiro atoms. The van der Waals surface area contributed by atoms with E-state index in [-0.39, 0.29) is 35.5 Å². The molecule has 0 radical (unpaired) electrons. The van der Waals surface area contributed by atoms with E-state index < -0.39 is 0 Å². The summed E-state index contributed by atoms with van der Waals surface area (Å²) < 4.78 is 5.03. The maximum atomic E-state index is 11.3. The van der Waals surface area contributed by atoms with Gasteiger partial charge in [0.15, 0.2) is 0 Å². The topological polar surface area (TPSA) is 26.3 Å². The molecule has 72 valence electrons. The van der Waals surface area contributed by atoms with Crippen molar-refractivity contribution in [3.8, 4) is 0 Å². The summed E-state index contributed by atoms with van der Waals surface area (Å²) in [4.78, 5) is 11.3. The fourth-order valence-electron chi connectivity index (χ4n) is 0.967. The van der Waals surface area contributed by atoms with Crippen molar-refractivity contribution in [3.05, 3.63) is 35.9 Å². The van der Waals surface area contributed by atoms with Crippen LogP contribution in [0.2, 0.25) is 0 Å². The van der Waals surface area contributed by atoms with Crippen LogP contribution in [0.5, 0.6) is 0 Å². The van der Waals surface area contributed by atoms with Gasteiger partial charge in [-0.2, -0.15) is 0 Å². The van der Waals surface area contributed by atoms with Gasteiger partial charge in [0.05, 0.1) is 12.2 Å². The van der Waals surface area contributed by atoms with E-state index in [1.165, 1.54) is 0 Å². The van der Waals surface area contributed by atoms with Gasteiger partial charge < -0.3 is 4.74 Å². The summed E-state index contributed by atoms with van der Waals surface area (Å²) in [6.45, 7) is 2.58. The van der Waals surface area contributed by atoms with Crippen LogP contribution in [0.4, 0.5) is 0 Å². The van der Waals surface area contributed by atoms with E-state index in [9.17, 15) is 4.79 Å². The molecule has 0 atom stereocenters. The third kappa shape index (κ3) is 4.80. The van der Waals surface area contributed by atoms with Crippen molar-refractivity contribution < 1.29 is 9.53 Å². The van der Waals surface area contributed by atoms with Crippen LogP contribution in [0.15, 0.2) is 30.3 Å². The van der Waals surface area contributed by atoms with E-state index in [2.05, 4.69) is 6.92 Å². The molecular weight excluding hydrogens is 187 g/mol. The second-order valence-electron chi connectivity index (χ2n) is 2.86. The van der Waals surface area contributed by atoms with E-state index >= 15 is 0 Å². The summed E-state index contributed by atoms with van der Waals surface area (Å²) in [5, 5.41) is 0. The molecule has 2 nitrogen and oxygen atoms in total. The predicted molar refractivity (Wildman–Crippen MR) is 58.8 cm³/mol. The number of carbonyl (C=O) groups is 1. The van der Waals surface area contributed by atoms with Gasteiger partial charge in [0.1, 0.15) is 0 Å². The Kier molecular flexibility index (Phi) is 7.86. The van der Waals surface area contributed by atoms with Gasteiger partial charge in [0, 0.05) is 0 Å². The quantitative estimate of drug-likeness (QED) is 0.424. The zero-order chi connectivity index (χ0) is 9.52. The summed E-state index contributed by atoms with van der Waals surface area (Å²) in [6.07, 6.45) is 1.97. The molecule has 1 rings (SSSR count). The van der Waals surface area contributed by atoms with E-state index in [1.54, 1.807) is 12.1 Å². The second kappa shape index (κ2) is 8.04. The fraction of sp³-hybridized carbons (Fsp3) is 0.364. The van der Waals surface area contributed by atoms with Crippen LogP contribution >= 0.6 is 0 Å². The van der Waals surface area contributed by atoms with Gasteiger partial charge in [-0.05, 0) is 18.6 Å². The molecule has 0 N–H and O–H groups in total. The number of hydrogen-bond donors (Lipinski definition) is 0. The first-order valence-electron chi connectivity index (χ1n) is 4.56. The molecule has 0 unspecified atom stereocenters. The van der Waals surface area contributed by atoms with Gasteiger partial charge in [0.25, 0.3) is 0 Å². The number of ether oxygens (including phenoxy) is 1. The molecule has 1 aromatic rings. The first kappa shape index (κ1) is 13.7. The molecule has 1 aromatic carbocycles. The standard InChI is InChI=1S/C11H14O2.Na.H/c1-2-3-9-13-11(12)10-7-5-4-6-8-10;;/h4-8H,2-3,9H2,1H3;;. The van der Waals surface area contributed by atoms with Gasteiger partial charge >= 0.3 is 35.5 Å². The number of carbonyl (C=O) groups excluding carboxylic acids is 1. The first-order valence-corrected chi connectivity index (χ1v) is 4.56. The van der Waals surface area contributed by atoms with Gasteiger partial charge in [0.2, 0.25) is 0 Å². The summed E-state index contributed by atoms with van der Waals surface area (Å²) in [5.74, 6) is -0.228. The zero-order valence-electron chi connectivity index (χ0n) is 7.82. The maximum absolute atomic E-state index is 11.3. The fourth-order valence-corrected chi connectivity index (χ4v) is 0.967. The average molecular weight is 202 g/mol. The van der Waals surface area contributed by atoms with Crippen molar-refractivity contribution in [1.82, 2.24) is 0 Å². The Morgan fingerprint density at radius 2 is 1.93 bits per heavy atom. The van der Waals surface area contributed by atoms with Crippen LogP contribution in [0.3, 0.4) is 0 Å². The molecular formula is C11H15NaO2. The summed E-state index contributed by atoms with van der Waals surface area (Å²) in [6, 6.07) is 9.05. The van der Waals surface area contributed by atoms with E-state index in [1.807, 2.05) is 18.2 Å². The van der Waals surface area contributed by atoms with Crippen molar-refractivity contribution in [1.29, 1.82) is 0 Å². The minimum absolute atomic E-state index is 0. The molecule has 0 aliphatic carbocycles. The number of unbranched alkanes of at least 4 members (excludes halogenated alkanes) is 1. The Morgan fingerprint density at radius 3 is 2.50 bits per heavy atom. The number of hydrogen-bond acceptors (Lipinski definition) is 2. The summed E-state index contributed by atoms with van der Waals surface area (Å²) in [7, 11) is 0. The van der Waals surface area contributed by atoms with E-state index in [0.717, 1.165) is 12.8 Å². The monoisotopic (exact) mass is 202 g/mol. The van der Waals surface area contributed by atoms with Gasteiger partial charge in [-0.25, -0.2) is 4.79 Å². The Bertz CT molecular complexity index is 259. The van der Waals surface area contributed by atoms with Crippen LogP contribution in [-0.4, -0.2) is 42.1 Å². The molecule has 3 heteroatoms. The Labute approximate surface area is 107 Å². The Hall–Kier alpha value is -0.310. The zero-order valence-corrected chi connectivity index (χ0v) is 7.82. The minimum atomic E-state index is -0.228. The molecule has 0 aliphatic rings. The molecule has 0 aliphatic heterocycles. The third-order valence-corrected chi connectivity index (χ3v) is 1.74. The SMILES string of the molecule is CCCCOC(=O)c1ccccc1.[NaH]. The normalized spacial score (nSPS) is 8.93. The summed E-state index contributed by atoms with van der Waals surface area (Å²) >= 11 is 0. The number of benzene rings is 1. The average Bonchev–Trinajstić information content (AvgIpc) is 2.19. The van der Waals surface area contributed by atoms with Crippen LogP contribution in [0.1, 0.15) is 30.1 Å². The second-order valence-corrected chi connectivity index (χ2v) is 2.86. The number of rotatable bonds is 4. The molecule has 14 heavy (non-hydrogen) atoms. The van der Waals surface area contributed by atoms with Crippen LogP contribution in [0, 0.1) is 0 Å². The number of esters is 1. The van der Waals surface area contributed by atoms with Crippen LogP contribution in [-0.2, 0) is 4.74 Å². The van der Waals surface area contributed by atoms with Crippen molar-refractivity contribution >= 4 is 35.5 Å². The van der Waals surface area contributed by atoms with E-state index in [4.69, 9.17) is 4.74 Å². The third-order valence-electron chi connectivity index (χ3n) is 1.74. The predicted octanol–water partition coefficient (Wildman–Crippen LogP) is 2.00. The van der Waals surface area contributed by atoms with Crippen molar-refractivity contribution in [2.24, 2.45) is 0 Å². The molecule has 0 amide bonds. The molecule has 0 bridgehead atoms. The Balaban J connectivity index is 0.00000169. The van der Waals surface area contributed by atoms with E-state index in [0.29, 0.717) is 12.2 Å². The van der Waals surface area contributed by atoms with Crippen molar-refractivity contribution in [2.45, 2.75) is 19.8 Å². The van der Waals surface area contributed by atoms with Gasteiger partial charge in [-0.15, -0.1) is 0 Å². The molecule has 0 heterocycles. The molecule has 0 saturated heterocycles. The van der Waals surface area contributed by atoms with Gasteiger partial charge in [-0.1, -0.05) is 31.5 Å². The molecule has 0 aromatic heterocycles. The van der Waals surface area contributed by atoms with Crippen molar-refractivity contribution in [2.75, 3.05) is 6.61 Å². The van der Waals surface area contributed by atoms with Crippen LogP contribution < -0.4 is 0 Å².